The summed E-state index contributed by atoms with van der Waals surface area (Å²) in [7, 11) is 2.05. The highest BCUT2D eigenvalue weighted by atomic mass is 15.3. The van der Waals surface area contributed by atoms with Crippen molar-refractivity contribution < 1.29 is 0 Å². The van der Waals surface area contributed by atoms with Crippen LogP contribution in [0.3, 0.4) is 0 Å². The van der Waals surface area contributed by atoms with Crippen molar-refractivity contribution in [3.8, 4) is 0 Å². The lowest BCUT2D eigenvalue weighted by Crippen LogP contribution is -2.35. The van der Waals surface area contributed by atoms with Crippen molar-refractivity contribution in [2.45, 2.75) is 52.6 Å². The zero-order chi connectivity index (χ0) is 16.4. The Morgan fingerprint density at radius 3 is 2.87 bits per heavy atom. The Bertz CT molecular complexity index is 661. The van der Waals surface area contributed by atoms with Crippen LogP contribution in [-0.2, 0) is 20.0 Å². The molecule has 0 fully saturated rings. The Labute approximate surface area is 138 Å². The predicted molar refractivity (Wildman–Crippen MR) is 90.9 cm³/mol. The molecule has 2 heterocycles. The van der Waals surface area contributed by atoms with Crippen molar-refractivity contribution in [3.05, 3.63) is 41.2 Å². The van der Waals surface area contributed by atoms with E-state index in [9.17, 15) is 0 Å². The average molecular weight is 313 g/mol. The van der Waals surface area contributed by atoms with E-state index in [2.05, 4.69) is 45.6 Å². The normalized spacial score (nSPS) is 17.7. The highest BCUT2D eigenvalue weighted by Gasteiger charge is 2.28. The van der Waals surface area contributed by atoms with E-state index in [-0.39, 0.29) is 0 Å². The summed E-state index contributed by atoms with van der Waals surface area (Å²) in [4.78, 5) is 7.25. The Morgan fingerprint density at radius 2 is 2.17 bits per heavy atom. The molecule has 0 bridgehead atoms. The van der Waals surface area contributed by atoms with Crippen molar-refractivity contribution in [3.63, 3.8) is 0 Å². The van der Waals surface area contributed by atoms with Gasteiger partial charge in [-0.25, -0.2) is 0 Å². The number of hydrogen-bond acceptors (Lipinski definition) is 4. The SMILES string of the molecule is Cc1nnc(CN(CC(C)C)[C@@H]2CCCc3cccnc32)n1C. The fourth-order valence-electron chi connectivity index (χ4n) is 3.48. The molecule has 0 N–H and O–H groups in total. The van der Waals surface area contributed by atoms with Gasteiger partial charge in [-0.15, -0.1) is 10.2 Å². The lowest BCUT2D eigenvalue weighted by Gasteiger charge is -2.35. The topological polar surface area (TPSA) is 46.8 Å². The summed E-state index contributed by atoms with van der Waals surface area (Å²) in [5.74, 6) is 2.61. The molecule has 2 aromatic rings. The van der Waals surface area contributed by atoms with Crippen molar-refractivity contribution in [2.24, 2.45) is 13.0 Å². The minimum atomic E-state index is 0.388. The molecule has 1 aliphatic carbocycles. The maximum atomic E-state index is 4.71. The molecule has 0 amide bonds. The molecule has 0 aromatic carbocycles. The van der Waals surface area contributed by atoms with Crippen LogP contribution in [0, 0.1) is 12.8 Å². The van der Waals surface area contributed by atoms with Crippen LogP contribution in [0.2, 0.25) is 0 Å². The van der Waals surface area contributed by atoms with Crippen LogP contribution in [0.4, 0.5) is 0 Å². The van der Waals surface area contributed by atoms with E-state index in [1.165, 1.54) is 24.1 Å². The van der Waals surface area contributed by atoms with Gasteiger partial charge in [-0.2, -0.15) is 0 Å². The van der Waals surface area contributed by atoms with Crippen LogP contribution < -0.4 is 0 Å². The number of pyridine rings is 1. The minimum Gasteiger partial charge on any atom is -0.317 e. The number of fused-ring (bicyclic) bond motifs is 1. The Hall–Kier alpha value is -1.75. The highest BCUT2D eigenvalue weighted by Crippen LogP contribution is 2.34. The second-order valence-corrected chi connectivity index (χ2v) is 7.00. The van der Waals surface area contributed by atoms with Gasteiger partial charge in [-0.1, -0.05) is 19.9 Å². The quantitative estimate of drug-likeness (QED) is 0.851. The van der Waals surface area contributed by atoms with Gasteiger partial charge in [0.15, 0.2) is 0 Å². The van der Waals surface area contributed by atoms with Gasteiger partial charge in [0.25, 0.3) is 0 Å². The molecule has 2 aromatic heterocycles. The summed E-state index contributed by atoms with van der Waals surface area (Å²) in [6, 6.07) is 4.67. The van der Waals surface area contributed by atoms with Crippen LogP contribution in [0.5, 0.6) is 0 Å². The van der Waals surface area contributed by atoms with E-state index >= 15 is 0 Å². The van der Waals surface area contributed by atoms with Crippen LogP contribution in [0.15, 0.2) is 18.3 Å². The van der Waals surface area contributed by atoms with Crippen molar-refractivity contribution in [1.82, 2.24) is 24.6 Å². The van der Waals surface area contributed by atoms with Gasteiger partial charge >= 0.3 is 0 Å². The van der Waals surface area contributed by atoms with E-state index in [4.69, 9.17) is 4.98 Å². The Kier molecular flexibility index (Phi) is 4.76. The van der Waals surface area contributed by atoms with E-state index in [1.54, 1.807) is 0 Å². The first-order valence-corrected chi connectivity index (χ1v) is 8.59. The molecule has 124 valence electrons. The minimum absolute atomic E-state index is 0.388. The molecule has 5 heteroatoms. The molecular formula is C18H27N5. The van der Waals surface area contributed by atoms with Crippen LogP contribution in [0.25, 0.3) is 0 Å². The number of aromatic nitrogens is 4. The smallest absolute Gasteiger partial charge is 0.146 e. The summed E-state index contributed by atoms with van der Waals surface area (Å²) < 4.78 is 2.09. The number of nitrogens with zero attached hydrogens (tertiary/aromatic N) is 5. The second kappa shape index (κ2) is 6.79. The molecular weight excluding hydrogens is 286 g/mol. The second-order valence-electron chi connectivity index (χ2n) is 7.00. The maximum absolute atomic E-state index is 4.71. The predicted octanol–water partition coefficient (Wildman–Crippen LogP) is 3.05. The third kappa shape index (κ3) is 3.44. The maximum Gasteiger partial charge on any atom is 0.146 e. The summed E-state index contributed by atoms with van der Waals surface area (Å²) >= 11 is 0. The summed E-state index contributed by atoms with van der Waals surface area (Å²) in [6.07, 6.45) is 5.48. The molecule has 5 nitrogen and oxygen atoms in total. The summed E-state index contributed by atoms with van der Waals surface area (Å²) in [5.41, 5.74) is 2.67. The van der Waals surface area contributed by atoms with Crippen LogP contribution >= 0.6 is 0 Å². The molecule has 0 unspecified atom stereocenters. The molecule has 0 radical (unpaired) electrons. The molecule has 1 atom stereocenters. The van der Waals surface area contributed by atoms with Gasteiger partial charge in [0, 0.05) is 19.8 Å². The monoisotopic (exact) mass is 313 g/mol. The van der Waals surface area contributed by atoms with Crippen LogP contribution in [-0.4, -0.2) is 31.2 Å². The first-order chi connectivity index (χ1) is 11.1. The van der Waals surface area contributed by atoms with E-state index in [1.807, 2.05) is 20.2 Å². The van der Waals surface area contributed by atoms with Gasteiger partial charge in [0.1, 0.15) is 11.6 Å². The third-order valence-electron chi connectivity index (χ3n) is 4.73. The Morgan fingerprint density at radius 1 is 1.35 bits per heavy atom. The standard InChI is InChI=1S/C18H27N5/c1-13(2)11-23(12-17-21-20-14(3)22(17)4)16-9-5-7-15-8-6-10-19-18(15)16/h6,8,10,13,16H,5,7,9,11-12H2,1-4H3/t16-/m1/s1. The van der Waals surface area contributed by atoms with Gasteiger partial charge in [-0.05, 0) is 43.7 Å². The lowest BCUT2D eigenvalue weighted by molar-refractivity contribution is 0.142. The van der Waals surface area contributed by atoms with Crippen LogP contribution in [0.1, 0.15) is 55.6 Å². The molecule has 1 aliphatic rings. The van der Waals surface area contributed by atoms with E-state index < -0.39 is 0 Å². The highest BCUT2D eigenvalue weighted by molar-refractivity contribution is 5.25. The van der Waals surface area contributed by atoms with Crippen molar-refractivity contribution >= 4 is 0 Å². The zero-order valence-corrected chi connectivity index (χ0v) is 14.7. The molecule has 23 heavy (non-hydrogen) atoms. The first kappa shape index (κ1) is 16.1. The lowest BCUT2D eigenvalue weighted by atomic mass is 9.90. The van der Waals surface area contributed by atoms with Crippen molar-refractivity contribution in [2.75, 3.05) is 6.54 Å². The number of aryl methyl sites for hydroxylation is 2. The fraction of sp³-hybridized carbons (Fsp3) is 0.611. The molecule has 0 saturated carbocycles. The number of hydrogen-bond donors (Lipinski definition) is 0. The fourth-order valence-corrected chi connectivity index (χ4v) is 3.48. The molecule has 0 saturated heterocycles. The third-order valence-corrected chi connectivity index (χ3v) is 4.73. The molecule has 0 aliphatic heterocycles. The van der Waals surface area contributed by atoms with Gasteiger partial charge < -0.3 is 4.57 Å². The average Bonchev–Trinajstić information content (AvgIpc) is 2.85. The zero-order valence-electron chi connectivity index (χ0n) is 14.7. The summed E-state index contributed by atoms with van der Waals surface area (Å²) in [5, 5.41) is 8.57. The van der Waals surface area contributed by atoms with Gasteiger partial charge in [0.05, 0.1) is 18.3 Å². The van der Waals surface area contributed by atoms with Crippen molar-refractivity contribution in [1.29, 1.82) is 0 Å². The van der Waals surface area contributed by atoms with Gasteiger partial charge in [0.2, 0.25) is 0 Å². The molecule has 0 spiro atoms. The molecule has 3 rings (SSSR count). The van der Waals surface area contributed by atoms with E-state index in [0.717, 1.165) is 31.2 Å². The van der Waals surface area contributed by atoms with Gasteiger partial charge in [-0.3, -0.25) is 9.88 Å². The first-order valence-electron chi connectivity index (χ1n) is 8.59. The number of rotatable bonds is 5. The largest absolute Gasteiger partial charge is 0.317 e. The Balaban J connectivity index is 1.89. The van der Waals surface area contributed by atoms with E-state index in [0.29, 0.717) is 12.0 Å². The summed E-state index contributed by atoms with van der Waals surface area (Å²) in [6.45, 7) is 8.43.